The Morgan fingerprint density at radius 1 is 1.38 bits per heavy atom. The number of nitrogens with zero attached hydrogens (tertiary/aromatic N) is 3. The SMILES string of the molecule is CCNc1ccc(C(=O)N2CC(=O)NC(=O)C2CC)nn1. The number of aromatic nitrogens is 2. The maximum Gasteiger partial charge on any atom is 0.275 e. The van der Waals surface area contributed by atoms with Gasteiger partial charge in [-0.25, -0.2) is 0 Å². The first-order chi connectivity index (χ1) is 10.1. The van der Waals surface area contributed by atoms with Crippen LogP contribution in [0.15, 0.2) is 12.1 Å². The van der Waals surface area contributed by atoms with Crippen LogP contribution in [0.2, 0.25) is 0 Å². The molecule has 1 fully saturated rings. The Labute approximate surface area is 121 Å². The minimum Gasteiger partial charge on any atom is -0.369 e. The molecule has 1 saturated heterocycles. The Balaban J connectivity index is 2.20. The summed E-state index contributed by atoms with van der Waals surface area (Å²) >= 11 is 0. The molecule has 3 amide bonds. The van der Waals surface area contributed by atoms with Crippen LogP contribution in [0.25, 0.3) is 0 Å². The summed E-state index contributed by atoms with van der Waals surface area (Å²) in [5, 5.41) is 12.9. The highest BCUT2D eigenvalue weighted by Gasteiger charge is 2.36. The summed E-state index contributed by atoms with van der Waals surface area (Å²) in [6.07, 6.45) is 0.424. The lowest BCUT2D eigenvalue weighted by Crippen LogP contribution is -2.59. The fourth-order valence-corrected chi connectivity index (χ4v) is 2.15. The van der Waals surface area contributed by atoms with Crippen LogP contribution in [-0.4, -0.2) is 52.0 Å². The second kappa shape index (κ2) is 6.29. The number of hydrogen-bond acceptors (Lipinski definition) is 6. The second-order valence-corrected chi connectivity index (χ2v) is 4.60. The number of nitrogens with one attached hydrogen (secondary N) is 2. The molecule has 0 saturated carbocycles. The molecule has 2 rings (SSSR count). The van der Waals surface area contributed by atoms with Crippen molar-refractivity contribution in [1.82, 2.24) is 20.4 Å². The van der Waals surface area contributed by atoms with Gasteiger partial charge in [-0.15, -0.1) is 10.2 Å². The zero-order valence-corrected chi connectivity index (χ0v) is 11.9. The lowest BCUT2D eigenvalue weighted by molar-refractivity contribution is -0.138. The molecule has 8 heteroatoms. The van der Waals surface area contributed by atoms with Gasteiger partial charge in [-0.3, -0.25) is 19.7 Å². The molecule has 2 N–H and O–H groups in total. The molecular formula is C13H17N5O3. The molecule has 1 atom stereocenters. The number of carbonyl (C=O) groups is 3. The van der Waals surface area contributed by atoms with E-state index in [2.05, 4.69) is 20.8 Å². The summed E-state index contributed by atoms with van der Waals surface area (Å²) in [6.45, 7) is 4.24. The zero-order chi connectivity index (χ0) is 15.4. The molecule has 8 nitrogen and oxygen atoms in total. The van der Waals surface area contributed by atoms with E-state index in [4.69, 9.17) is 0 Å². The highest BCUT2D eigenvalue weighted by molar-refractivity contribution is 6.06. The van der Waals surface area contributed by atoms with E-state index in [1.807, 2.05) is 6.92 Å². The maximum atomic E-state index is 12.4. The van der Waals surface area contributed by atoms with Gasteiger partial charge in [0, 0.05) is 6.54 Å². The molecule has 1 unspecified atom stereocenters. The summed E-state index contributed by atoms with van der Waals surface area (Å²) in [5.41, 5.74) is 0.109. The van der Waals surface area contributed by atoms with Crippen LogP contribution >= 0.6 is 0 Å². The minimum absolute atomic E-state index is 0.109. The quantitative estimate of drug-likeness (QED) is 0.744. The van der Waals surface area contributed by atoms with Gasteiger partial charge in [-0.1, -0.05) is 6.92 Å². The fraction of sp³-hybridized carbons (Fsp3) is 0.462. The van der Waals surface area contributed by atoms with Gasteiger partial charge in [0.25, 0.3) is 5.91 Å². The number of carbonyl (C=O) groups excluding carboxylic acids is 3. The lowest BCUT2D eigenvalue weighted by Gasteiger charge is -2.32. The Morgan fingerprint density at radius 3 is 2.71 bits per heavy atom. The largest absolute Gasteiger partial charge is 0.369 e. The number of rotatable bonds is 4. The van der Waals surface area contributed by atoms with Crippen molar-refractivity contribution in [2.45, 2.75) is 26.3 Å². The van der Waals surface area contributed by atoms with Crippen molar-refractivity contribution in [3.05, 3.63) is 17.8 Å². The minimum atomic E-state index is -0.662. The van der Waals surface area contributed by atoms with E-state index in [0.29, 0.717) is 18.8 Å². The Hall–Kier alpha value is -2.51. The molecule has 1 aromatic heterocycles. The summed E-state index contributed by atoms with van der Waals surface area (Å²) in [5.74, 6) is -0.858. The first-order valence-electron chi connectivity index (χ1n) is 6.79. The topological polar surface area (TPSA) is 104 Å². The third kappa shape index (κ3) is 3.15. The Kier molecular flexibility index (Phi) is 4.46. The molecular weight excluding hydrogens is 274 g/mol. The first kappa shape index (κ1) is 14.9. The zero-order valence-electron chi connectivity index (χ0n) is 11.9. The average molecular weight is 291 g/mol. The third-order valence-electron chi connectivity index (χ3n) is 3.14. The molecule has 0 radical (unpaired) electrons. The maximum absolute atomic E-state index is 12.4. The van der Waals surface area contributed by atoms with Crippen LogP contribution in [-0.2, 0) is 9.59 Å². The smallest absolute Gasteiger partial charge is 0.275 e. The molecule has 1 aliphatic rings. The van der Waals surface area contributed by atoms with E-state index in [1.165, 1.54) is 11.0 Å². The van der Waals surface area contributed by atoms with Crippen molar-refractivity contribution in [2.24, 2.45) is 0 Å². The van der Waals surface area contributed by atoms with Crippen molar-refractivity contribution in [2.75, 3.05) is 18.4 Å². The number of amides is 3. The normalized spacial score (nSPS) is 18.4. The molecule has 0 bridgehead atoms. The van der Waals surface area contributed by atoms with E-state index in [1.54, 1.807) is 13.0 Å². The molecule has 2 heterocycles. The predicted octanol–water partition coefficient (Wildman–Crippen LogP) is -0.214. The van der Waals surface area contributed by atoms with Gasteiger partial charge >= 0.3 is 0 Å². The van der Waals surface area contributed by atoms with E-state index >= 15 is 0 Å². The molecule has 0 spiro atoms. The van der Waals surface area contributed by atoms with Crippen LogP contribution in [0.1, 0.15) is 30.8 Å². The fourth-order valence-electron chi connectivity index (χ4n) is 2.15. The molecule has 0 aromatic carbocycles. The summed E-state index contributed by atoms with van der Waals surface area (Å²) in [4.78, 5) is 36.8. The molecule has 21 heavy (non-hydrogen) atoms. The van der Waals surface area contributed by atoms with E-state index in [-0.39, 0.29) is 12.2 Å². The molecule has 1 aromatic rings. The van der Waals surface area contributed by atoms with Crippen molar-refractivity contribution in [3.63, 3.8) is 0 Å². The van der Waals surface area contributed by atoms with Gasteiger partial charge in [0.1, 0.15) is 18.4 Å². The summed E-state index contributed by atoms with van der Waals surface area (Å²) < 4.78 is 0. The number of hydrogen-bond donors (Lipinski definition) is 2. The van der Waals surface area contributed by atoms with Crippen LogP contribution < -0.4 is 10.6 Å². The highest BCUT2D eigenvalue weighted by atomic mass is 16.2. The van der Waals surface area contributed by atoms with E-state index in [0.717, 1.165) is 0 Å². The highest BCUT2D eigenvalue weighted by Crippen LogP contribution is 2.13. The second-order valence-electron chi connectivity index (χ2n) is 4.60. The van der Waals surface area contributed by atoms with Crippen LogP contribution in [0.3, 0.4) is 0 Å². The monoisotopic (exact) mass is 291 g/mol. The van der Waals surface area contributed by atoms with Crippen LogP contribution in [0, 0.1) is 0 Å². The van der Waals surface area contributed by atoms with Crippen molar-refractivity contribution in [3.8, 4) is 0 Å². The molecule has 112 valence electrons. The summed E-state index contributed by atoms with van der Waals surface area (Å²) in [6, 6.07) is 2.50. The Morgan fingerprint density at radius 2 is 2.14 bits per heavy atom. The van der Waals surface area contributed by atoms with Crippen molar-refractivity contribution < 1.29 is 14.4 Å². The standard InChI is InChI=1S/C13H17N5O3/c1-3-9-12(20)15-11(19)7-18(9)13(21)8-5-6-10(14-4-2)17-16-8/h5-6,9H,3-4,7H2,1-2H3,(H,14,17)(H,15,19,20). The van der Waals surface area contributed by atoms with Crippen LogP contribution in [0.4, 0.5) is 5.82 Å². The summed E-state index contributed by atoms with van der Waals surface area (Å²) in [7, 11) is 0. The van der Waals surface area contributed by atoms with Gasteiger partial charge in [-0.2, -0.15) is 0 Å². The predicted molar refractivity (Wildman–Crippen MR) is 74.5 cm³/mol. The molecule has 0 aliphatic carbocycles. The number of anilines is 1. The lowest BCUT2D eigenvalue weighted by atomic mass is 10.1. The Bertz CT molecular complexity index is 557. The number of imide groups is 1. The van der Waals surface area contributed by atoms with E-state index < -0.39 is 23.8 Å². The van der Waals surface area contributed by atoms with Crippen molar-refractivity contribution >= 4 is 23.5 Å². The van der Waals surface area contributed by atoms with Gasteiger partial charge in [-0.05, 0) is 25.5 Å². The average Bonchev–Trinajstić information content (AvgIpc) is 2.47. The van der Waals surface area contributed by atoms with Gasteiger partial charge in [0.15, 0.2) is 5.69 Å². The molecule has 1 aliphatic heterocycles. The third-order valence-corrected chi connectivity index (χ3v) is 3.14. The number of piperazine rings is 1. The van der Waals surface area contributed by atoms with Gasteiger partial charge in [0.2, 0.25) is 11.8 Å². The first-order valence-corrected chi connectivity index (χ1v) is 6.79. The van der Waals surface area contributed by atoms with E-state index in [9.17, 15) is 14.4 Å². The van der Waals surface area contributed by atoms with Crippen molar-refractivity contribution in [1.29, 1.82) is 0 Å². The van der Waals surface area contributed by atoms with Gasteiger partial charge < -0.3 is 10.2 Å². The van der Waals surface area contributed by atoms with Crippen LogP contribution in [0.5, 0.6) is 0 Å². The van der Waals surface area contributed by atoms with Gasteiger partial charge in [0.05, 0.1) is 0 Å².